The van der Waals surface area contributed by atoms with Gasteiger partial charge in [-0.25, -0.2) is 4.39 Å². The van der Waals surface area contributed by atoms with Crippen molar-refractivity contribution in [2.24, 2.45) is 5.73 Å². The third kappa shape index (κ3) is 6.46. The fourth-order valence-corrected chi connectivity index (χ4v) is 4.36. The number of rotatable bonds is 7. The van der Waals surface area contributed by atoms with Crippen LogP contribution in [0.15, 0.2) is 42.5 Å². The SMILES string of the molecule is COc1cc(C(N)O)ccc1NCC#Cc1cc2c(N[C@H]3CCNC[C@H]3F)cccc2n1CC(F)(F)F. The van der Waals surface area contributed by atoms with Crippen LogP contribution < -0.4 is 26.4 Å². The first-order valence-electron chi connectivity index (χ1n) is 11.8. The Hall–Kier alpha value is -3.46. The van der Waals surface area contributed by atoms with E-state index in [1.807, 2.05) is 0 Å². The first-order valence-corrected chi connectivity index (χ1v) is 11.8. The number of nitrogens with one attached hydrogen (secondary N) is 3. The standard InChI is InChI=1S/C26H29F4N5O2/c1-37-24-12-16(25(31)36)7-8-22(24)33-10-3-4-17-13-18-20(34-21-9-11-32-14-19(21)27)5-2-6-23(18)35(17)15-26(28,29)30/h2,5-8,12-13,19,21,25,32-34,36H,9-11,14-15,31H2,1H3/t19-,21+,25?/m1/s1. The number of hydrogen-bond donors (Lipinski definition) is 5. The molecule has 0 spiro atoms. The number of piperidine rings is 1. The highest BCUT2D eigenvalue weighted by Gasteiger charge is 2.30. The topological polar surface area (TPSA) is 96.5 Å². The normalized spacial score (nSPS) is 18.7. The number of hydrogen-bond acceptors (Lipinski definition) is 6. The molecule has 1 aromatic heterocycles. The van der Waals surface area contributed by atoms with Gasteiger partial charge in [-0.3, -0.25) is 0 Å². The van der Waals surface area contributed by atoms with E-state index in [-0.39, 0.29) is 18.8 Å². The van der Waals surface area contributed by atoms with Crippen molar-refractivity contribution in [1.82, 2.24) is 9.88 Å². The second-order valence-corrected chi connectivity index (χ2v) is 8.79. The van der Waals surface area contributed by atoms with Crippen LogP contribution in [0.3, 0.4) is 0 Å². The Labute approximate surface area is 212 Å². The molecule has 2 heterocycles. The first kappa shape index (κ1) is 26.6. The van der Waals surface area contributed by atoms with Crippen molar-refractivity contribution in [1.29, 1.82) is 0 Å². The average molecular weight is 520 g/mol. The molecular formula is C26H29F4N5O2. The monoisotopic (exact) mass is 519 g/mol. The predicted octanol–water partition coefficient (Wildman–Crippen LogP) is 3.74. The molecule has 1 aliphatic heterocycles. The molecule has 37 heavy (non-hydrogen) atoms. The maximum atomic E-state index is 14.4. The highest BCUT2D eigenvalue weighted by Crippen LogP contribution is 2.31. The lowest BCUT2D eigenvalue weighted by Gasteiger charge is -2.28. The molecule has 7 nitrogen and oxygen atoms in total. The molecule has 198 valence electrons. The van der Waals surface area contributed by atoms with Gasteiger partial charge in [0.15, 0.2) is 0 Å². The predicted molar refractivity (Wildman–Crippen MR) is 135 cm³/mol. The lowest BCUT2D eigenvalue weighted by molar-refractivity contribution is -0.140. The lowest BCUT2D eigenvalue weighted by Crippen LogP contribution is -2.45. The largest absolute Gasteiger partial charge is 0.495 e. The van der Waals surface area contributed by atoms with E-state index in [2.05, 4.69) is 27.8 Å². The molecule has 0 aliphatic carbocycles. The summed E-state index contributed by atoms with van der Waals surface area (Å²) >= 11 is 0. The number of aliphatic hydroxyl groups is 1. The van der Waals surface area contributed by atoms with Crippen LogP contribution in [0.2, 0.25) is 0 Å². The van der Waals surface area contributed by atoms with Gasteiger partial charge in [0.25, 0.3) is 0 Å². The van der Waals surface area contributed by atoms with E-state index in [4.69, 9.17) is 10.5 Å². The molecule has 1 fully saturated rings. The molecule has 0 radical (unpaired) electrons. The van der Waals surface area contributed by atoms with Gasteiger partial charge in [0.1, 0.15) is 24.7 Å². The van der Waals surface area contributed by atoms with Gasteiger partial charge in [0.2, 0.25) is 0 Å². The number of alkyl halides is 4. The summed E-state index contributed by atoms with van der Waals surface area (Å²) in [5, 5.41) is 19.3. The molecule has 0 bridgehead atoms. The number of anilines is 2. The van der Waals surface area contributed by atoms with Gasteiger partial charge in [-0.1, -0.05) is 18.1 Å². The van der Waals surface area contributed by atoms with Crippen LogP contribution in [0.1, 0.15) is 23.9 Å². The van der Waals surface area contributed by atoms with Gasteiger partial charge >= 0.3 is 6.18 Å². The van der Waals surface area contributed by atoms with Gasteiger partial charge in [0.05, 0.1) is 36.6 Å². The third-order valence-corrected chi connectivity index (χ3v) is 6.18. The molecule has 4 rings (SSSR count). The van der Waals surface area contributed by atoms with E-state index >= 15 is 0 Å². The summed E-state index contributed by atoms with van der Waals surface area (Å²) < 4.78 is 61.1. The van der Waals surface area contributed by atoms with Crippen LogP contribution in [0, 0.1) is 11.8 Å². The van der Waals surface area contributed by atoms with Crippen LogP contribution in [0.5, 0.6) is 5.75 Å². The summed E-state index contributed by atoms with van der Waals surface area (Å²) in [4.78, 5) is 0. The van der Waals surface area contributed by atoms with Crippen LogP contribution in [0.4, 0.5) is 28.9 Å². The van der Waals surface area contributed by atoms with Gasteiger partial charge in [-0.15, -0.1) is 0 Å². The molecule has 0 amide bonds. The third-order valence-electron chi connectivity index (χ3n) is 6.18. The number of aromatic nitrogens is 1. The minimum Gasteiger partial charge on any atom is -0.495 e. The van der Waals surface area contributed by atoms with Gasteiger partial charge in [0, 0.05) is 17.6 Å². The van der Waals surface area contributed by atoms with E-state index < -0.39 is 31.2 Å². The van der Waals surface area contributed by atoms with Crippen molar-refractivity contribution >= 4 is 22.3 Å². The molecule has 3 aromatic rings. The molecule has 3 atom stereocenters. The Morgan fingerprint density at radius 3 is 2.76 bits per heavy atom. The maximum absolute atomic E-state index is 14.4. The highest BCUT2D eigenvalue weighted by molar-refractivity contribution is 5.94. The summed E-state index contributed by atoms with van der Waals surface area (Å²) in [5.41, 5.74) is 7.67. The van der Waals surface area contributed by atoms with E-state index in [0.29, 0.717) is 46.6 Å². The van der Waals surface area contributed by atoms with E-state index in [1.54, 1.807) is 42.5 Å². The second-order valence-electron chi connectivity index (χ2n) is 8.79. The number of halogens is 4. The fraction of sp³-hybridized carbons (Fsp3) is 0.385. The summed E-state index contributed by atoms with van der Waals surface area (Å²) in [6, 6.07) is 11.0. The van der Waals surface area contributed by atoms with Crippen LogP contribution in [-0.2, 0) is 6.54 Å². The van der Waals surface area contributed by atoms with Gasteiger partial charge in [-0.05, 0) is 54.8 Å². The van der Waals surface area contributed by atoms with Gasteiger partial charge in [-0.2, -0.15) is 13.2 Å². The van der Waals surface area contributed by atoms with Crippen LogP contribution in [-0.4, -0.2) is 54.8 Å². The number of nitrogens with two attached hydrogens (primary N) is 1. The molecule has 0 saturated carbocycles. The van der Waals surface area contributed by atoms with Crippen LogP contribution >= 0.6 is 0 Å². The fourth-order valence-electron chi connectivity index (χ4n) is 4.36. The highest BCUT2D eigenvalue weighted by atomic mass is 19.4. The van der Waals surface area contributed by atoms with Crippen LogP contribution in [0.25, 0.3) is 10.9 Å². The minimum absolute atomic E-state index is 0.123. The summed E-state index contributed by atoms with van der Waals surface area (Å²) in [6.07, 6.45) is -6.14. The minimum atomic E-state index is -4.45. The summed E-state index contributed by atoms with van der Waals surface area (Å²) in [6.45, 7) is -0.189. The molecule has 1 saturated heterocycles. The number of methoxy groups -OCH3 is 1. The molecular weight excluding hydrogens is 490 g/mol. The van der Waals surface area contributed by atoms with Crippen molar-refractivity contribution in [3.63, 3.8) is 0 Å². The number of ether oxygens (including phenoxy) is 1. The number of fused-ring (bicyclic) bond motifs is 1. The number of nitrogens with zero attached hydrogens (tertiary/aromatic N) is 1. The van der Waals surface area contributed by atoms with E-state index in [9.17, 15) is 22.7 Å². The Morgan fingerprint density at radius 1 is 1.24 bits per heavy atom. The molecule has 11 heteroatoms. The Bertz CT molecular complexity index is 1300. The molecule has 1 unspecified atom stereocenters. The smallest absolute Gasteiger partial charge is 0.406 e. The van der Waals surface area contributed by atoms with Gasteiger partial charge < -0.3 is 36.1 Å². The maximum Gasteiger partial charge on any atom is 0.406 e. The van der Waals surface area contributed by atoms with Crippen molar-refractivity contribution in [3.05, 3.63) is 53.7 Å². The number of aliphatic hydroxyl groups excluding tert-OH is 1. The molecule has 6 N–H and O–H groups in total. The Morgan fingerprint density at radius 2 is 2.05 bits per heavy atom. The van der Waals surface area contributed by atoms with Crippen molar-refractivity contribution in [3.8, 4) is 17.6 Å². The Balaban J connectivity index is 1.60. The van der Waals surface area contributed by atoms with Crippen molar-refractivity contribution in [2.45, 2.75) is 37.6 Å². The van der Waals surface area contributed by atoms with E-state index in [0.717, 1.165) is 4.57 Å². The zero-order valence-electron chi connectivity index (χ0n) is 20.2. The second kappa shape index (κ2) is 11.3. The Kier molecular flexibility index (Phi) is 8.12. The zero-order valence-corrected chi connectivity index (χ0v) is 20.2. The molecule has 2 aromatic carbocycles. The average Bonchev–Trinajstić information content (AvgIpc) is 3.19. The van der Waals surface area contributed by atoms with Crippen molar-refractivity contribution in [2.75, 3.05) is 37.4 Å². The van der Waals surface area contributed by atoms with E-state index in [1.165, 1.54) is 7.11 Å². The zero-order chi connectivity index (χ0) is 26.6. The summed E-state index contributed by atoms with van der Waals surface area (Å²) in [7, 11) is 1.47. The summed E-state index contributed by atoms with van der Waals surface area (Å²) in [5.74, 6) is 6.15. The first-order chi connectivity index (χ1) is 17.7. The molecule has 1 aliphatic rings. The quantitative estimate of drug-likeness (QED) is 0.186. The lowest BCUT2D eigenvalue weighted by atomic mass is 10.0. The number of benzene rings is 2. The van der Waals surface area contributed by atoms with Crippen molar-refractivity contribution < 1.29 is 27.4 Å².